The molecule has 1 saturated heterocycles. The molecule has 6 rings (SSSR count). The van der Waals surface area contributed by atoms with E-state index in [1.54, 1.807) is 47.6 Å². The van der Waals surface area contributed by atoms with Crippen LogP contribution in [0.2, 0.25) is 5.02 Å². The van der Waals surface area contributed by atoms with Gasteiger partial charge >= 0.3 is 0 Å². The Kier molecular flexibility index (Phi) is 7.24. The first-order valence-electron chi connectivity index (χ1n) is 12.8. The van der Waals surface area contributed by atoms with E-state index in [-0.39, 0.29) is 16.5 Å². The van der Waals surface area contributed by atoms with Gasteiger partial charge < -0.3 is 15.0 Å². The van der Waals surface area contributed by atoms with Gasteiger partial charge in [-0.05, 0) is 36.4 Å². The van der Waals surface area contributed by atoms with Crippen molar-refractivity contribution < 1.29 is 14.3 Å². The van der Waals surface area contributed by atoms with Crippen molar-refractivity contribution in [3.63, 3.8) is 0 Å². The fraction of sp³-hybridized carbons (Fsp3) is 0.133. The van der Waals surface area contributed by atoms with Crippen LogP contribution in [0.3, 0.4) is 0 Å². The fourth-order valence-electron chi connectivity index (χ4n) is 4.58. The number of aromatic nitrogens is 3. The van der Waals surface area contributed by atoms with E-state index in [9.17, 15) is 9.59 Å². The number of benzene rings is 3. The normalized spacial score (nSPS) is 13.7. The molecule has 0 unspecified atom stereocenters. The second-order valence-electron chi connectivity index (χ2n) is 9.21. The van der Waals surface area contributed by atoms with Crippen molar-refractivity contribution in [1.29, 1.82) is 0 Å². The van der Waals surface area contributed by atoms with Crippen LogP contribution in [0.1, 0.15) is 20.7 Å². The molecule has 3 heterocycles. The van der Waals surface area contributed by atoms with Crippen molar-refractivity contribution in [2.45, 2.75) is 0 Å². The maximum Gasteiger partial charge on any atom is 0.272 e. The summed E-state index contributed by atoms with van der Waals surface area (Å²) < 4.78 is 5.50. The van der Waals surface area contributed by atoms with E-state index in [0.717, 1.165) is 5.56 Å². The highest BCUT2D eigenvalue weighted by Crippen LogP contribution is 2.28. The third kappa shape index (κ3) is 5.30. The molecule has 0 aliphatic carbocycles. The standard InChI is InChI=1S/C30H25ClN6O3/c31-25-12-11-23(37(36-13-15-40-16-14-36)30(39)21-9-5-2-6-10-21)18-24(25)29(38)33-22-17-26-28(32-19-22)35-27(34-26)20-7-3-1-4-8-20/h1-12,17-19H,13-16H2,(H,33,38)(H,32,34,35). The van der Waals surface area contributed by atoms with E-state index in [0.29, 0.717) is 60.2 Å². The molecule has 10 heteroatoms. The number of H-pyrrole nitrogens is 1. The third-order valence-electron chi connectivity index (χ3n) is 6.57. The molecule has 1 aliphatic heterocycles. The quantitative estimate of drug-likeness (QED) is 0.291. The Balaban J connectivity index is 1.29. The molecule has 0 spiro atoms. The molecule has 2 N–H and O–H groups in total. The molecule has 0 atom stereocenters. The molecule has 1 fully saturated rings. The molecule has 2 aromatic heterocycles. The van der Waals surface area contributed by atoms with Crippen LogP contribution in [0.15, 0.2) is 91.1 Å². The van der Waals surface area contributed by atoms with E-state index in [4.69, 9.17) is 16.3 Å². The number of aromatic amines is 1. The van der Waals surface area contributed by atoms with Crippen LogP contribution in [0, 0.1) is 0 Å². The van der Waals surface area contributed by atoms with Crippen LogP contribution < -0.4 is 10.3 Å². The fourth-order valence-corrected chi connectivity index (χ4v) is 4.79. The third-order valence-corrected chi connectivity index (χ3v) is 6.89. The van der Waals surface area contributed by atoms with Gasteiger partial charge in [-0.15, -0.1) is 0 Å². The Morgan fingerprint density at radius 3 is 2.42 bits per heavy atom. The van der Waals surface area contributed by atoms with Gasteiger partial charge in [0, 0.05) is 24.2 Å². The SMILES string of the molecule is O=C(Nc1cnc2nc(-c3ccccc3)[nH]c2c1)c1cc(N(C(=O)c2ccccc2)N2CCOCC2)ccc1Cl. The number of carbonyl (C=O) groups excluding carboxylic acids is 2. The lowest BCUT2D eigenvalue weighted by atomic mass is 10.1. The summed E-state index contributed by atoms with van der Waals surface area (Å²) in [5.41, 5.74) is 3.93. The number of hydrogen-bond acceptors (Lipinski definition) is 6. The lowest BCUT2D eigenvalue weighted by Crippen LogP contribution is -2.52. The average molecular weight is 553 g/mol. The first kappa shape index (κ1) is 25.7. The highest BCUT2D eigenvalue weighted by Gasteiger charge is 2.27. The lowest BCUT2D eigenvalue weighted by molar-refractivity contribution is 0.0300. The minimum Gasteiger partial charge on any atom is -0.379 e. The maximum atomic E-state index is 13.6. The van der Waals surface area contributed by atoms with Gasteiger partial charge in [0.05, 0.1) is 46.9 Å². The van der Waals surface area contributed by atoms with Gasteiger partial charge in [0.2, 0.25) is 0 Å². The predicted octanol–water partition coefficient (Wildman–Crippen LogP) is 5.42. The summed E-state index contributed by atoms with van der Waals surface area (Å²) >= 11 is 6.48. The topological polar surface area (TPSA) is 103 Å². The van der Waals surface area contributed by atoms with Crippen molar-refractivity contribution in [1.82, 2.24) is 20.0 Å². The summed E-state index contributed by atoms with van der Waals surface area (Å²) in [7, 11) is 0. The van der Waals surface area contributed by atoms with Gasteiger partial charge in [-0.3, -0.25) is 9.59 Å². The van der Waals surface area contributed by atoms with Gasteiger partial charge in [0.15, 0.2) is 5.65 Å². The number of halogens is 1. The van der Waals surface area contributed by atoms with Gasteiger partial charge in [-0.1, -0.05) is 60.1 Å². The van der Waals surface area contributed by atoms with Crippen LogP contribution in [-0.2, 0) is 4.74 Å². The molecular weight excluding hydrogens is 528 g/mol. The first-order valence-corrected chi connectivity index (χ1v) is 13.2. The molecule has 1 aliphatic rings. The summed E-state index contributed by atoms with van der Waals surface area (Å²) in [4.78, 5) is 39.2. The lowest BCUT2D eigenvalue weighted by Gasteiger charge is -2.37. The molecule has 0 radical (unpaired) electrons. The second kappa shape index (κ2) is 11.3. The minimum absolute atomic E-state index is 0.209. The Hall–Kier alpha value is -4.57. The molecule has 5 aromatic rings. The number of ether oxygens (including phenoxy) is 1. The van der Waals surface area contributed by atoms with Crippen LogP contribution in [0.4, 0.5) is 11.4 Å². The van der Waals surface area contributed by atoms with Crippen molar-refractivity contribution in [3.8, 4) is 11.4 Å². The number of amides is 2. The Labute approximate surface area is 235 Å². The highest BCUT2D eigenvalue weighted by molar-refractivity contribution is 6.34. The summed E-state index contributed by atoms with van der Waals surface area (Å²) in [6, 6.07) is 25.5. The smallest absolute Gasteiger partial charge is 0.272 e. The number of fused-ring (bicyclic) bond motifs is 1. The molecule has 40 heavy (non-hydrogen) atoms. The van der Waals surface area contributed by atoms with Gasteiger partial charge in [0.25, 0.3) is 11.8 Å². The first-order chi connectivity index (χ1) is 19.6. The Morgan fingerprint density at radius 2 is 1.68 bits per heavy atom. The monoisotopic (exact) mass is 552 g/mol. The number of pyridine rings is 1. The van der Waals surface area contributed by atoms with Crippen LogP contribution >= 0.6 is 11.6 Å². The average Bonchev–Trinajstić information content (AvgIpc) is 3.43. The maximum absolute atomic E-state index is 13.6. The summed E-state index contributed by atoms with van der Waals surface area (Å²) in [6.07, 6.45) is 1.55. The van der Waals surface area contributed by atoms with E-state index in [1.165, 1.54) is 0 Å². The van der Waals surface area contributed by atoms with Crippen LogP contribution in [0.25, 0.3) is 22.6 Å². The highest BCUT2D eigenvalue weighted by atomic mass is 35.5. The molecule has 0 saturated carbocycles. The largest absolute Gasteiger partial charge is 0.379 e. The van der Waals surface area contributed by atoms with E-state index < -0.39 is 5.91 Å². The molecule has 3 aromatic carbocycles. The molecule has 200 valence electrons. The summed E-state index contributed by atoms with van der Waals surface area (Å²) in [5.74, 6) is 0.0535. The zero-order valence-corrected chi connectivity index (χ0v) is 22.1. The van der Waals surface area contributed by atoms with Gasteiger partial charge in [-0.25, -0.2) is 20.0 Å². The number of carbonyl (C=O) groups is 2. The number of morpholine rings is 1. The molecular formula is C30H25ClN6O3. The number of rotatable bonds is 6. The van der Waals surface area contributed by atoms with Crippen molar-refractivity contribution in [3.05, 3.63) is 107 Å². The Morgan fingerprint density at radius 1 is 0.950 bits per heavy atom. The molecule has 0 bridgehead atoms. The van der Waals surface area contributed by atoms with Gasteiger partial charge in [0.1, 0.15) is 5.82 Å². The van der Waals surface area contributed by atoms with Crippen molar-refractivity contribution in [2.24, 2.45) is 0 Å². The van der Waals surface area contributed by atoms with Gasteiger partial charge in [-0.2, -0.15) is 0 Å². The predicted molar refractivity (Wildman–Crippen MR) is 154 cm³/mol. The number of hydrazine groups is 1. The number of anilines is 2. The number of imidazole rings is 1. The van der Waals surface area contributed by atoms with E-state index in [1.807, 2.05) is 53.5 Å². The number of nitrogens with one attached hydrogen (secondary N) is 2. The van der Waals surface area contributed by atoms with Crippen molar-refractivity contribution in [2.75, 3.05) is 36.6 Å². The zero-order chi connectivity index (χ0) is 27.5. The van der Waals surface area contributed by atoms with Crippen molar-refractivity contribution >= 4 is 46.0 Å². The van der Waals surface area contributed by atoms with E-state index >= 15 is 0 Å². The zero-order valence-electron chi connectivity index (χ0n) is 21.4. The summed E-state index contributed by atoms with van der Waals surface area (Å²) in [5, 5.41) is 6.65. The van der Waals surface area contributed by atoms with Crippen LogP contribution in [0.5, 0.6) is 0 Å². The minimum atomic E-state index is -0.426. The summed E-state index contributed by atoms with van der Waals surface area (Å²) in [6.45, 7) is 2.05. The Bertz CT molecular complexity index is 1670. The van der Waals surface area contributed by atoms with Crippen LogP contribution in [-0.4, -0.2) is 58.1 Å². The number of hydrogen-bond donors (Lipinski definition) is 2. The second-order valence-corrected chi connectivity index (χ2v) is 9.62. The van der Waals surface area contributed by atoms with E-state index in [2.05, 4.69) is 20.3 Å². The molecule has 2 amide bonds. The molecule has 9 nitrogen and oxygen atoms in total. The number of nitrogens with zero attached hydrogens (tertiary/aromatic N) is 4.